The predicted octanol–water partition coefficient (Wildman–Crippen LogP) is 1.90. The molecular formula is C8H15FO. The van der Waals surface area contributed by atoms with E-state index in [0.717, 1.165) is 25.7 Å². The van der Waals surface area contributed by atoms with E-state index in [2.05, 4.69) is 0 Å². The van der Waals surface area contributed by atoms with Gasteiger partial charge in [-0.1, -0.05) is 19.3 Å². The van der Waals surface area contributed by atoms with E-state index in [-0.39, 0.29) is 12.5 Å². The molecule has 1 rings (SSSR count). The molecule has 0 radical (unpaired) electrons. The zero-order chi connectivity index (χ0) is 7.40. The molecule has 1 aliphatic carbocycles. The molecule has 1 unspecified atom stereocenters. The maximum absolute atomic E-state index is 12.8. The largest absolute Gasteiger partial charge is 0.393 e. The van der Waals surface area contributed by atoms with Gasteiger partial charge in [0.15, 0.2) is 0 Å². The molecule has 1 saturated carbocycles. The minimum atomic E-state index is -0.958. The number of halogens is 1. The Labute approximate surface area is 61.2 Å². The molecule has 10 heavy (non-hydrogen) atoms. The van der Waals surface area contributed by atoms with Crippen LogP contribution in [0.4, 0.5) is 4.39 Å². The van der Waals surface area contributed by atoms with Crippen LogP contribution in [0.25, 0.3) is 0 Å². The van der Waals surface area contributed by atoms with Gasteiger partial charge in [0.1, 0.15) is 6.17 Å². The summed E-state index contributed by atoms with van der Waals surface area (Å²) < 4.78 is 12.8. The topological polar surface area (TPSA) is 20.2 Å². The maximum Gasteiger partial charge on any atom is 0.126 e. The highest BCUT2D eigenvalue weighted by molar-refractivity contribution is 4.72. The summed E-state index contributed by atoms with van der Waals surface area (Å²) in [4.78, 5) is 0. The molecule has 0 aromatic carbocycles. The summed E-state index contributed by atoms with van der Waals surface area (Å²) in [6.45, 7) is -0.287. The highest BCUT2D eigenvalue weighted by atomic mass is 19.1. The van der Waals surface area contributed by atoms with Crippen LogP contribution in [0.2, 0.25) is 0 Å². The van der Waals surface area contributed by atoms with Crippen LogP contribution in [0.1, 0.15) is 32.1 Å². The van der Waals surface area contributed by atoms with Crippen molar-refractivity contribution in [3.63, 3.8) is 0 Å². The molecule has 0 saturated heterocycles. The van der Waals surface area contributed by atoms with Crippen LogP contribution < -0.4 is 0 Å². The standard InChI is InChI=1S/C8H15FO/c9-8(6-10)7-4-2-1-3-5-7/h7-8,10H,1-6H2. The monoisotopic (exact) mass is 146 g/mol. The molecule has 1 fully saturated rings. The van der Waals surface area contributed by atoms with E-state index in [0.29, 0.717) is 0 Å². The second-order valence-electron chi connectivity index (χ2n) is 3.10. The molecule has 0 heterocycles. The highest BCUT2D eigenvalue weighted by Crippen LogP contribution is 2.27. The van der Waals surface area contributed by atoms with Gasteiger partial charge in [0, 0.05) is 0 Å². The average molecular weight is 146 g/mol. The Balaban J connectivity index is 2.24. The summed E-state index contributed by atoms with van der Waals surface area (Å²) in [6, 6.07) is 0. The molecule has 0 aliphatic heterocycles. The van der Waals surface area contributed by atoms with Crippen LogP contribution in [0.5, 0.6) is 0 Å². The second kappa shape index (κ2) is 3.91. The van der Waals surface area contributed by atoms with Gasteiger partial charge < -0.3 is 5.11 Å². The van der Waals surface area contributed by atoms with E-state index >= 15 is 0 Å². The van der Waals surface area contributed by atoms with Crippen LogP contribution >= 0.6 is 0 Å². The first kappa shape index (κ1) is 7.99. The first-order valence-electron chi connectivity index (χ1n) is 4.09. The van der Waals surface area contributed by atoms with Gasteiger partial charge in [0.2, 0.25) is 0 Å². The fourth-order valence-electron chi connectivity index (χ4n) is 1.64. The van der Waals surface area contributed by atoms with Crippen LogP contribution in [0.15, 0.2) is 0 Å². The van der Waals surface area contributed by atoms with Crippen molar-refractivity contribution in [2.24, 2.45) is 5.92 Å². The second-order valence-corrected chi connectivity index (χ2v) is 3.10. The summed E-state index contributed by atoms with van der Waals surface area (Å²) >= 11 is 0. The molecule has 0 aromatic rings. The Morgan fingerprint density at radius 3 is 2.40 bits per heavy atom. The first-order chi connectivity index (χ1) is 4.84. The van der Waals surface area contributed by atoms with Crippen molar-refractivity contribution >= 4 is 0 Å². The number of hydrogen-bond acceptors (Lipinski definition) is 1. The van der Waals surface area contributed by atoms with E-state index in [4.69, 9.17) is 5.11 Å². The molecule has 0 amide bonds. The molecule has 0 spiro atoms. The van der Waals surface area contributed by atoms with Crippen molar-refractivity contribution in [3.05, 3.63) is 0 Å². The van der Waals surface area contributed by atoms with Crippen LogP contribution in [-0.4, -0.2) is 17.9 Å². The van der Waals surface area contributed by atoms with E-state index in [1.165, 1.54) is 6.42 Å². The normalized spacial score (nSPS) is 24.6. The Hall–Kier alpha value is -0.110. The molecule has 2 heteroatoms. The fourth-order valence-corrected chi connectivity index (χ4v) is 1.64. The van der Waals surface area contributed by atoms with Crippen molar-refractivity contribution < 1.29 is 9.50 Å². The van der Waals surface area contributed by atoms with E-state index in [1.54, 1.807) is 0 Å². The van der Waals surface area contributed by atoms with E-state index in [9.17, 15) is 4.39 Å². The van der Waals surface area contributed by atoms with Gasteiger partial charge in [-0.25, -0.2) is 4.39 Å². The number of rotatable bonds is 2. The van der Waals surface area contributed by atoms with Crippen molar-refractivity contribution in [3.8, 4) is 0 Å². The predicted molar refractivity (Wildman–Crippen MR) is 38.6 cm³/mol. The summed E-state index contributed by atoms with van der Waals surface area (Å²) in [5.41, 5.74) is 0. The third-order valence-electron chi connectivity index (χ3n) is 2.34. The number of hydrogen-bond donors (Lipinski definition) is 1. The number of alkyl halides is 1. The minimum Gasteiger partial charge on any atom is -0.393 e. The van der Waals surface area contributed by atoms with Crippen LogP contribution in [0, 0.1) is 5.92 Å². The van der Waals surface area contributed by atoms with Crippen molar-refractivity contribution in [1.29, 1.82) is 0 Å². The van der Waals surface area contributed by atoms with Crippen molar-refractivity contribution in [2.75, 3.05) is 6.61 Å². The van der Waals surface area contributed by atoms with E-state index < -0.39 is 6.17 Å². The number of aliphatic hydroxyl groups is 1. The molecule has 1 aliphatic rings. The SMILES string of the molecule is OCC(F)C1CCCCC1. The average Bonchev–Trinajstić information content (AvgIpc) is 2.05. The van der Waals surface area contributed by atoms with Crippen LogP contribution in [0.3, 0.4) is 0 Å². The lowest BCUT2D eigenvalue weighted by atomic mass is 9.86. The molecule has 0 bridgehead atoms. The van der Waals surface area contributed by atoms with Crippen molar-refractivity contribution in [2.45, 2.75) is 38.3 Å². The lowest BCUT2D eigenvalue weighted by Crippen LogP contribution is -2.21. The summed E-state index contributed by atoms with van der Waals surface area (Å²) in [5, 5.41) is 8.51. The smallest absolute Gasteiger partial charge is 0.126 e. The van der Waals surface area contributed by atoms with Gasteiger partial charge in [-0.2, -0.15) is 0 Å². The Morgan fingerprint density at radius 2 is 1.90 bits per heavy atom. The third kappa shape index (κ3) is 1.94. The molecule has 1 atom stereocenters. The quantitative estimate of drug-likeness (QED) is 0.630. The van der Waals surface area contributed by atoms with Gasteiger partial charge in [0.25, 0.3) is 0 Å². The number of aliphatic hydroxyl groups excluding tert-OH is 1. The molecule has 0 aromatic heterocycles. The summed E-state index contributed by atoms with van der Waals surface area (Å²) in [6.07, 6.45) is 4.52. The van der Waals surface area contributed by atoms with Gasteiger partial charge in [-0.3, -0.25) is 0 Å². The zero-order valence-electron chi connectivity index (χ0n) is 6.22. The lowest BCUT2D eigenvalue weighted by Gasteiger charge is -2.23. The van der Waals surface area contributed by atoms with Crippen LogP contribution in [-0.2, 0) is 0 Å². The fraction of sp³-hybridized carbons (Fsp3) is 1.00. The molecular weight excluding hydrogens is 131 g/mol. The molecule has 1 nitrogen and oxygen atoms in total. The zero-order valence-corrected chi connectivity index (χ0v) is 6.22. The summed E-state index contributed by atoms with van der Waals surface area (Å²) in [5.74, 6) is 0.152. The van der Waals surface area contributed by atoms with E-state index in [1.807, 2.05) is 0 Å². The lowest BCUT2D eigenvalue weighted by molar-refractivity contribution is 0.105. The van der Waals surface area contributed by atoms with Gasteiger partial charge in [-0.15, -0.1) is 0 Å². The maximum atomic E-state index is 12.8. The third-order valence-corrected chi connectivity index (χ3v) is 2.34. The van der Waals surface area contributed by atoms with Gasteiger partial charge in [-0.05, 0) is 18.8 Å². The van der Waals surface area contributed by atoms with Gasteiger partial charge in [0.05, 0.1) is 6.61 Å². The van der Waals surface area contributed by atoms with Gasteiger partial charge >= 0.3 is 0 Å². The summed E-state index contributed by atoms with van der Waals surface area (Å²) in [7, 11) is 0. The Morgan fingerprint density at radius 1 is 1.30 bits per heavy atom. The molecule has 60 valence electrons. The minimum absolute atomic E-state index is 0.152. The van der Waals surface area contributed by atoms with Crippen molar-refractivity contribution in [1.82, 2.24) is 0 Å². The Bertz CT molecular complexity index is 89.3. The Kier molecular flexibility index (Phi) is 3.13. The molecule has 1 N–H and O–H groups in total. The first-order valence-corrected chi connectivity index (χ1v) is 4.09. The highest BCUT2D eigenvalue weighted by Gasteiger charge is 2.21.